The Labute approximate surface area is 115 Å². The Morgan fingerprint density at radius 2 is 2.47 bits per heavy atom. The largest absolute Gasteiger partial charge is 0.378 e. The maximum absolute atomic E-state index is 5.91. The number of nitrogens with one attached hydrogen (secondary N) is 1. The molecule has 2 aromatic heterocycles. The summed E-state index contributed by atoms with van der Waals surface area (Å²) in [4.78, 5) is 4.37. The number of hydrogen-bond donors (Lipinski definition) is 1. The van der Waals surface area contributed by atoms with Gasteiger partial charge in [-0.3, -0.25) is 0 Å². The highest BCUT2D eigenvalue weighted by molar-refractivity contribution is 6.30. The van der Waals surface area contributed by atoms with Crippen LogP contribution in [0.1, 0.15) is 6.42 Å². The van der Waals surface area contributed by atoms with Gasteiger partial charge in [0.05, 0.1) is 11.6 Å². The molecule has 3 heterocycles. The van der Waals surface area contributed by atoms with E-state index in [4.69, 9.17) is 21.1 Å². The van der Waals surface area contributed by atoms with Gasteiger partial charge in [0, 0.05) is 32.9 Å². The zero-order chi connectivity index (χ0) is 13.3. The average Bonchev–Trinajstić information content (AvgIpc) is 3.02. The number of ether oxygens (including phenoxy) is 2. The maximum Gasteiger partial charge on any atom is 0.243 e. The first-order valence-electron chi connectivity index (χ1n) is 6.09. The molecule has 0 saturated carbocycles. The van der Waals surface area contributed by atoms with Crippen molar-refractivity contribution in [1.82, 2.24) is 14.6 Å². The standard InChI is InChI=1S/C12H15ClN4O2/c1-18-12(4-5-19-8-12)7-14-11-15-10-3-2-9(13)6-17(10)16-11/h2-3,6H,4-5,7-8H2,1H3,(H,14,16). The summed E-state index contributed by atoms with van der Waals surface area (Å²) in [6.45, 7) is 1.94. The van der Waals surface area contributed by atoms with Crippen LogP contribution in [0.4, 0.5) is 5.95 Å². The van der Waals surface area contributed by atoms with Crippen LogP contribution in [-0.2, 0) is 9.47 Å². The molecule has 102 valence electrons. The fourth-order valence-corrected chi connectivity index (χ4v) is 2.29. The molecule has 1 aliphatic heterocycles. The first-order chi connectivity index (χ1) is 9.21. The first kappa shape index (κ1) is 12.7. The van der Waals surface area contributed by atoms with Crippen molar-refractivity contribution in [3.8, 4) is 0 Å². The van der Waals surface area contributed by atoms with Gasteiger partial charge in [0.15, 0.2) is 5.65 Å². The smallest absolute Gasteiger partial charge is 0.243 e. The van der Waals surface area contributed by atoms with Gasteiger partial charge in [-0.2, -0.15) is 4.98 Å². The third kappa shape index (κ3) is 2.51. The number of pyridine rings is 1. The highest BCUT2D eigenvalue weighted by Crippen LogP contribution is 2.22. The Morgan fingerprint density at radius 3 is 3.21 bits per heavy atom. The van der Waals surface area contributed by atoms with E-state index in [9.17, 15) is 0 Å². The summed E-state index contributed by atoms with van der Waals surface area (Å²) in [6, 6.07) is 3.61. The van der Waals surface area contributed by atoms with Gasteiger partial charge in [0.2, 0.25) is 5.95 Å². The number of halogens is 1. The normalized spacial score (nSPS) is 23.1. The summed E-state index contributed by atoms with van der Waals surface area (Å²) in [6.07, 6.45) is 2.59. The van der Waals surface area contributed by atoms with Gasteiger partial charge in [0.1, 0.15) is 5.60 Å². The maximum atomic E-state index is 5.91. The van der Waals surface area contributed by atoms with Gasteiger partial charge in [0.25, 0.3) is 0 Å². The molecular weight excluding hydrogens is 268 g/mol. The zero-order valence-electron chi connectivity index (χ0n) is 10.6. The lowest BCUT2D eigenvalue weighted by atomic mass is 10.0. The summed E-state index contributed by atoms with van der Waals surface area (Å²) in [5, 5.41) is 8.14. The van der Waals surface area contributed by atoms with E-state index in [1.165, 1.54) is 0 Å². The topological polar surface area (TPSA) is 60.7 Å². The summed E-state index contributed by atoms with van der Waals surface area (Å²) < 4.78 is 12.6. The van der Waals surface area contributed by atoms with Crippen molar-refractivity contribution in [2.75, 3.05) is 32.2 Å². The van der Waals surface area contributed by atoms with Crippen LogP contribution in [0.25, 0.3) is 5.65 Å². The molecule has 0 spiro atoms. The number of rotatable bonds is 4. The van der Waals surface area contributed by atoms with Crippen molar-refractivity contribution >= 4 is 23.2 Å². The SMILES string of the molecule is COC1(CNc2nc3ccc(Cl)cn3n2)CCOC1. The third-order valence-corrected chi connectivity index (χ3v) is 3.59. The van der Waals surface area contributed by atoms with E-state index in [0.717, 1.165) is 18.7 Å². The first-order valence-corrected chi connectivity index (χ1v) is 6.47. The lowest BCUT2D eigenvalue weighted by Gasteiger charge is -2.25. The second kappa shape index (κ2) is 4.96. The van der Waals surface area contributed by atoms with Crippen LogP contribution in [-0.4, -0.2) is 47.1 Å². The van der Waals surface area contributed by atoms with Gasteiger partial charge in [-0.15, -0.1) is 5.10 Å². The van der Waals surface area contributed by atoms with Crippen molar-refractivity contribution in [2.24, 2.45) is 0 Å². The molecule has 0 bridgehead atoms. The van der Waals surface area contributed by atoms with Crippen LogP contribution in [0.3, 0.4) is 0 Å². The van der Waals surface area contributed by atoms with E-state index in [0.29, 0.717) is 24.1 Å². The molecule has 1 N–H and O–H groups in total. The molecule has 0 amide bonds. The molecule has 1 atom stereocenters. The Kier molecular flexibility index (Phi) is 3.30. The van der Waals surface area contributed by atoms with Gasteiger partial charge < -0.3 is 14.8 Å². The minimum Gasteiger partial charge on any atom is -0.378 e. The Morgan fingerprint density at radius 1 is 1.58 bits per heavy atom. The van der Waals surface area contributed by atoms with E-state index < -0.39 is 0 Å². The van der Waals surface area contributed by atoms with Crippen LogP contribution in [0.15, 0.2) is 18.3 Å². The Hall–Kier alpha value is -1.37. The molecule has 3 rings (SSSR count). The summed E-state index contributed by atoms with van der Waals surface area (Å²) in [5.74, 6) is 0.561. The zero-order valence-corrected chi connectivity index (χ0v) is 11.4. The Balaban J connectivity index is 1.74. The summed E-state index contributed by atoms with van der Waals surface area (Å²) in [7, 11) is 1.70. The molecular formula is C12H15ClN4O2. The van der Waals surface area contributed by atoms with Gasteiger partial charge in [-0.1, -0.05) is 11.6 Å². The van der Waals surface area contributed by atoms with E-state index >= 15 is 0 Å². The number of aromatic nitrogens is 3. The molecule has 1 unspecified atom stereocenters. The van der Waals surface area contributed by atoms with Crippen molar-refractivity contribution in [3.63, 3.8) is 0 Å². The number of methoxy groups -OCH3 is 1. The molecule has 2 aromatic rings. The highest BCUT2D eigenvalue weighted by Gasteiger charge is 2.35. The molecule has 1 aliphatic rings. The minimum absolute atomic E-state index is 0.283. The fraction of sp³-hybridized carbons (Fsp3) is 0.500. The van der Waals surface area contributed by atoms with E-state index in [1.54, 1.807) is 23.9 Å². The molecule has 1 saturated heterocycles. The van der Waals surface area contributed by atoms with Crippen LogP contribution in [0.5, 0.6) is 0 Å². The van der Waals surface area contributed by atoms with E-state index in [1.807, 2.05) is 6.07 Å². The second-order valence-electron chi connectivity index (χ2n) is 4.63. The van der Waals surface area contributed by atoms with Crippen molar-refractivity contribution < 1.29 is 9.47 Å². The summed E-state index contributed by atoms with van der Waals surface area (Å²) >= 11 is 5.91. The molecule has 0 aliphatic carbocycles. The molecule has 0 aromatic carbocycles. The van der Waals surface area contributed by atoms with Crippen molar-refractivity contribution in [2.45, 2.75) is 12.0 Å². The quantitative estimate of drug-likeness (QED) is 0.923. The predicted molar refractivity (Wildman–Crippen MR) is 71.7 cm³/mol. The molecule has 0 radical (unpaired) electrons. The summed E-state index contributed by atoms with van der Waals surface area (Å²) in [5.41, 5.74) is 0.468. The third-order valence-electron chi connectivity index (χ3n) is 3.36. The molecule has 1 fully saturated rings. The van der Waals surface area contributed by atoms with Gasteiger partial charge in [-0.25, -0.2) is 4.52 Å². The number of hydrogen-bond acceptors (Lipinski definition) is 5. The minimum atomic E-state index is -0.283. The van der Waals surface area contributed by atoms with E-state index in [2.05, 4.69) is 15.4 Å². The van der Waals surface area contributed by atoms with E-state index in [-0.39, 0.29) is 5.60 Å². The molecule has 19 heavy (non-hydrogen) atoms. The second-order valence-corrected chi connectivity index (χ2v) is 5.07. The lowest BCUT2D eigenvalue weighted by Crippen LogP contribution is -2.39. The Bertz CT molecular complexity index is 580. The molecule has 7 heteroatoms. The predicted octanol–water partition coefficient (Wildman–Crippen LogP) is 1.60. The van der Waals surface area contributed by atoms with Crippen molar-refractivity contribution in [3.05, 3.63) is 23.4 Å². The number of nitrogens with zero attached hydrogens (tertiary/aromatic N) is 3. The lowest BCUT2D eigenvalue weighted by molar-refractivity contribution is -0.00630. The van der Waals surface area contributed by atoms with Crippen LogP contribution in [0, 0.1) is 0 Å². The van der Waals surface area contributed by atoms with Crippen LogP contribution >= 0.6 is 11.6 Å². The van der Waals surface area contributed by atoms with Gasteiger partial charge in [-0.05, 0) is 12.1 Å². The van der Waals surface area contributed by atoms with Crippen LogP contribution < -0.4 is 5.32 Å². The molecule has 6 nitrogen and oxygen atoms in total. The van der Waals surface area contributed by atoms with Crippen molar-refractivity contribution in [1.29, 1.82) is 0 Å². The monoisotopic (exact) mass is 282 g/mol. The van der Waals surface area contributed by atoms with Crippen LogP contribution in [0.2, 0.25) is 5.02 Å². The van der Waals surface area contributed by atoms with Gasteiger partial charge >= 0.3 is 0 Å². The average molecular weight is 283 g/mol. The fourth-order valence-electron chi connectivity index (χ4n) is 2.13. The number of anilines is 1. The highest BCUT2D eigenvalue weighted by atomic mass is 35.5. The number of fused-ring (bicyclic) bond motifs is 1.